The lowest BCUT2D eigenvalue weighted by Gasteiger charge is -2.35. The number of guanidine groups is 1. The Morgan fingerprint density at radius 3 is 2.56 bits per heavy atom. The second-order valence-electron chi connectivity index (χ2n) is 7.79. The van der Waals surface area contributed by atoms with Crippen LogP contribution in [0.4, 0.5) is 0 Å². The molecule has 0 radical (unpaired) electrons. The maximum Gasteiger partial charge on any atom is 0.191 e. The first-order valence-corrected chi connectivity index (χ1v) is 10.5. The molecule has 2 saturated carbocycles. The largest absolute Gasteiger partial charge is 0.396 e. The van der Waals surface area contributed by atoms with E-state index in [0.29, 0.717) is 6.10 Å². The molecule has 0 aromatic rings. The Balaban J connectivity index is 1.72. The lowest BCUT2D eigenvalue weighted by Crippen LogP contribution is -2.39. The Hall–Kier alpha value is -0.810. The van der Waals surface area contributed by atoms with Crippen LogP contribution in [0, 0.1) is 5.41 Å². The van der Waals surface area contributed by atoms with Gasteiger partial charge in [0.1, 0.15) is 0 Å². The molecular weight excluding hydrogens is 314 g/mol. The molecule has 0 spiro atoms. The Morgan fingerprint density at radius 2 is 1.88 bits per heavy atom. The maximum atomic E-state index is 9.45. The third-order valence-electron chi connectivity index (χ3n) is 5.74. The molecule has 2 aliphatic rings. The van der Waals surface area contributed by atoms with Gasteiger partial charge in [-0.3, -0.25) is 4.99 Å². The molecule has 146 valence electrons. The van der Waals surface area contributed by atoms with Crippen LogP contribution in [0.2, 0.25) is 0 Å². The van der Waals surface area contributed by atoms with E-state index in [-0.39, 0.29) is 12.0 Å². The number of nitrogens with zero attached hydrogens (tertiary/aromatic N) is 1. The number of aliphatic hydroxyl groups excluding tert-OH is 1. The van der Waals surface area contributed by atoms with Gasteiger partial charge >= 0.3 is 0 Å². The molecule has 0 saturated heterocycles. The van der Waals surface area contributed by atoms with Gasteiger partial charge in [0.15, 0.2) is 5.96 Å². The summed E-state index contributed by atoms with van der Waals surface area (Å²) in [6, 6.07) is 0. The summed E-state index contributed by atoms with van der Waals surface area (Å²) in [4.78, 5) is 4.85. The van der Waals surface area contributed by atoms with Crippen molar-refractivity contribution in [2.45, 2.75) is 83.7 Å². The summed E-state index contributed by atoms with van der Waals surface area (Å²) in [6.45, 7) is 5.80. The molecule has 0 heterocycles. The van der Waals surface area contributed by atoms with Gasteiger partial charge in [-0.1, -0.05) is 32.1 Å². The van der Waals surface area contributed by atoms with Crippen LogP contribution in [0.25, 0.3) is 0 Å². The van der Waals surface area contributed by atoms with Crippen molar-refractivity contribution in [2.75, 3.05) is 32.8 Å². The van der Waals surface area contributed by atoms with E-state index in [9.17, 15) is 5.11 Å². The second kappa shape index (κ2) is 11.7. The van der Waals surface area contributed by atoms with Gasteiger partial charge in [0.25, 0.3) is 0 Å². The highest BCUT2D eigenvalue weighted by molar-refractivity contribution is 5.79. The number of hydrogen-bond acceptors (Lipinski definition) is 3. The highest BCUT2D eigenvalue weighted by Gasteiger charge is 2.31. The fourth-order valence-electron chi connectivity index (χ4n) is 4.20. The summed E-state index contributed by atoms with van der Waals surface area (Å²) in [7, 11) is 0. The van der Waals surface area contributed by atoms with Gasteiger partial charge in [0.05, 0.1) is 6.10 Å². The molecule has 5 heteroatoms. The quantitative estimate of drug-likeness (QED) is 0.320. The smallest absolute Gasteiger partial charge is 0.191 e. The number of aliphatic hydroxyl groups is 1. The standard InChI is InChI=1S/C20H39N3O2/c1-2-21-19(22-14-8-16-25-18-9-4-5-10-18)23-17-20(13-15-24)11-6-3-7-12-20/h18,24H,2-17H2,1H3,(H2,21,22,23). The highest BCUT2D eigenvalue weighted by atomic mass is 16.5. The lowest BCUT2D eigenvalue weighted by atomic mass is 9.72. The summed E-state index contributed by atoms with van der Waals surface area (Å²) in [5.74, 6) is 0.909. The Labute approximate surface area is 154 Å². The van der Waals surface area contributed by atoms with Crippen LogP contribution in [0.5, 0.6) is 0 Å². The zero-order valence-corrected chi connectivity index (χ0v) is 16.2. The second-order valence-corrected chi connectivity index (χ2v) is 7.79. The van der Waals surface area contributed by atoms with E-state index >= 15 is 0 Å². The van der Waals surface area contributed by atoms with Crippen molar-refractivity contribution in [3.8, 4) is 0 Å². The third-order valence-corrected chi connectivity index (χ3v) is 5.74. The van der Waals surface area contributed by atoms with E-state index in [4.69, 9.17) is 9.73 Å². The minimum Gasteiger partial charge on any atom is -0.396 e. The Kier molecular flexibility index (Phi) is 9.63. The number of nitrogens with one attached hydrogen (secondary N) is 2. The molecule has 2 fully saturated rings. The van der Waals surface area contributed by atoms with Crippen molar-refractivity contribution in [3.63, 3.8) is 0 Å². The van der Waals surface area contributed by atoms with E-state index in [0.717, 1.165) is 45.0 Å². The molecule has 5 nitrogen and oxygen atoms in total. The van der Waals surface area contributed by atoms with Crippen LogP contribution in [0.1, 0.15) is 77.6 Å². The van der Waals surface area contributed by atoms with Crippen molar-refractivity contribution in [1.29, 1.82) is 0 Å². The summed E-state index contributed by atoms with van der Waals surface area (Å²) in [5, 5.41) is 16.2. The molecule has 0 bridgehead atoms. The first kappa shape index (κ1) is 20.5. The molecule has 0 aromatic carbocycles. The summed E-state index contributed by atoms with van der Waals surface area (Å²) < 4.78 is 5.92. The fourth-order valence-corrected chi connectivity index (χ4v) is 4.20. The topological polar surface area (TPSA) is 65.9 Å². The SMILES string of the molecule is CCNC(=NCC1(CCO)CCCCC1)NCCCOC1CCCC1. The predicted molar refractivity (Wildman–Crippen MR) is 104 cm³/mol. The molecule has 2 aliphatic carbocycles. The summed E-state index contributed by atoms with van der Waals surface area (Å²) in [5.41, 5.74) is 0.209. The van der Waals surface area contributed by atoms with E-state index in [2.05, 4.69) is 17.6 Å². The monoisotopic (exact) mass is 353 g/mol. The minimum atomic E-state index is 0.209. The zero-order chi connectivity index (χ0) is 17.8. The van der Waals surface area contributed by atoms with Crippen LogP contribution in [0.3, 0.4) is 0 Å². The van der Waals surface area contributed by atoms with E-state index in [1.54, 1.807) is 0 Å². The third kappa shape index (κ3) is 7.53. The normalized spacial score (nSPS) is 21.4. The molecule has 0 amide bonds. The van der Waals surface area contributed by atoms with Crippen molar-refractivity contribution < 1.29 is 9.84 Å². The van der Waals surface area contributed by atoms with Crippen LogP contribution >= 0.6 is 0 Å². The molecule has 0 aliphatic heterocycles. The van der Waals surface area contributed by atoms with Crippen LogP contribution in [0.15, 0.2) is 4.99 Å². The van der Waals surface area contributed by atoms with Crippen LogP contribution in [-0.2, 0) is 4.74 Å². The van der Waals surface area contributed by atoms with Crippen LogP contribution < -0.4 is 10.6 Å². The number of rotatable bonds is 10. The first-order valence-electron chi connectivity index (χ1n) is 10.5. The fraction of sp³-hybridized carbons (Fsp3) is 0.950. The Bertz CT molecular complexity index is 370. The molecule has 0 unspecified atom stereocenters. The van der Waals surface area contributed by atoms with Gasteiger partial charge in [-0.25, -0.2) is 0 Å². The van der Waals surface area contributed by atoms with Gasteiger partial charge in [0.2, 0.25) is 0 Å². The molecule has 3 N–H and O–H groups in total. The van der Waals surface area contributed by atoms with Crippen molar-refractivity contribution in [2.24, 2.45) is 10.4 Å². The van der Waals surface area contributed by atoms with E-state index in [1.807, 2.05) is 0 Å². The molecule has 25 heavy (non-hydrogen) atoms. The predicted octanol–water partition coefficient (Wildman–Crippen LogP) is 3.22. The maximum absolute atomic E-state index is 9.45. The van der Waals surface area contributed by atoms with Crippen molar-refractivity contribution in [1.82, 2.24) is 10.6 Å². The van der Waals surface area contributed by atoms with E-state index in [1.165, 1.54) is 57.8 Å². The lowest BCUT2D eigenvalue weighted by molar-refractivity contribution is 0.0574. The number of ether oxygens (including phenoxy) is 1. The molecule has 2 rings (SSSR count). The zero-order valence-electron chi connectivity index (χ0n) is 16.2. The summed E-state index contributed by atoms with van der Waals surface area (Å²) in [6.07, 6.45) is 13.8. The van der Waals surface area contributed by atoms with E-state index < -0.39 is 0 Å². The minimum absolute atomic E-state index is 0.209. The van der Waals surface area contributed by atoms with Gasteiger partial charge in [-0.05, 0) is 50.9 Å². The number of hydrogen-bond donors (Lipinski definition) is 3. The highest BCUT2D eigenvalue weighted by Crippen LogP contribution is 2.39. The van der Waals surface area contributed by atoms with Gasteiger partial charge in [-0.15, -0.1) is 0 Å². The van der Waals surface area contributed by atoms with Crippen molar-refractivity contribution >= 4 is 5.96 Å². The Morgan fingerprint density at radius 1 is 1.12 bits per heavy atom. The average Bonchev–Trinajstić information content (AvgIpc) is 3.14. The first-order chi connectivity index (χ1) is 12.3. The van der Waals surface area contributed by atoms with Crippen molar-refractivity contribution in [3.05, 3.63) is 0 Å². The molecular formula is C20H39N3O2. The van der Waals surface area contributed by atoms with Crippen LogP contribution in [-0.4, -0.2) is 50.0 Å². The molecule has 0 atom stereocenters. The summed E-state index contributed by atoms with van der Waals surface area (Å²) >= 11 is 0. The van der Waals surface area contributed by atoms with Gasteiger partial charge in [0, 0.05) is 32.8 Å². The number of aliphatic imine (C=N–C) groups is 1. The average molecular weight is 354 g/mol. The van der Waals surface area contributed by atoms with Gasteiger partial charge < -0.3 is 20.5 Å². The molecule has 0 aromatic heterocycles. The van der Waals surface area contributed by atoms with Gasteiger partial charge in [-0.2, -0.15) is 0 Å².